The van der Waals surface area contributed by atoms with E-state index >= 15 is 0 Å². The van der Waals surface area contributed by atoms with Gasteiger partial charge in [0.2, 0.25) is 0 Å². The largest absolute Gasteiger partial charge is 0.389 e. The van der Waals surface area contributed by atoms with Crippen LogP contribution in [-0.4, -0.2) is 41.9 Å². The van der Waals surface area contributed by atoms with E-state index in [0.29, 0.717) is 25.8 Å². The van der Waals surface area contributed by atoms with Crippen LogP contribution in [0.3, 0.4) is 0 Å². The number of nitrogens with zero attached hydrogens (tertiary/aromatic N) is 1. The molecule has 1 aromatic carbocycles. The third kappa shape index (κ3) is 6.42. The molecule has 0 aliphatic rings. The molecule has 1 rings (SSSR count). The molecule has 0 saturated heterocycles. The average Bonchev–Trinajstić information content (AvgIpc) is 2.41. The fourth-order valence-corrected chi connectivity index (χ4v) is 2.31. The van der Waals surface area contributed by atoms with Crippen molar-refractivity contribution in [2.75, 3.05) is 19.8 Å². The molecule has 0 aromatic heterocycles. The second-order valence-corrected chi connectivity index (χ2v) is 5.93. The summed E-state index contributed by atoms with van der Waals surface area (Å²) in [6, 6.07) is 6.91. The molecule has 21 heavy (non-hydrogen) atoms. The van der Waals surface area contributed by atoms with E-state index < -0.39 is 6.10 Å². The lowest BCUT2D eigenvalue weighted by Crippen LogP contribution is -2.39. The zero-order chi connectivity index (χ0) is 15.8. The fraction of sp³-hybridized carbons (Fsp3) is 0.556. The monoisotopic (exact) mass is 291 g/mol. The normalized spacial score (nSPS) is 12.9. The summed E-state index contributed by atoms with van der Waals surface area (Å²) in [5, 5.41) is 10.1. The molecule has 118 valence electrons. The van der Waals surface area contributed by atoms with Crippen molar-refractivity contribution in [2.24, 2.45) is 0 Å². The summed E-state index contributed by atoms with van der Waals surface area (Å²) in [6.07, 6.45) is 1.22. The van der Waals surface area contributed by atoms with Gasteiger partial charge in [-0.15, -0.1) is 6.58 Å². The predicted octanol–water partition coefficient (Wildman–Crippen LogP) is 3.08. The summed E-state index contributed by atoms with van der Waals surface area (Å²) in [5.74, 6) is 0. The molecule has 0 aliphatic heterocycles. The Balaban J connectivity index is 2.62. The van der Waals surface area contributed by atoms with E-state index in [2.05, 4.69) is 57.4 Å². The lowest BCUT2D eigenvalue weighted by atomic mass is 10.0. The summed E-state index contributed by atoms with van der Waals surface area (Å²) in [6.45, 7) is 14.5. The molecule has 3 heteroatoms. The molecule has 0 spiro atoms. The van der Waals surface area contributed by atoms with Crippen LogP contribution in [0.5, 0.6) is 0 Å². The van der Waals surface area contributed by atoms with Crippen molar-refractivity contribution in [1.82, 2.24) is 4.90 Å². The Morgan fingerprint density at radius 1 is 1.33 bits per heavy atom. The summed E-state index contributed by atoms with van der Waals surface area (Å²) < 4.78 is 5.32. The Bertz CT molecular complexity index is 443. The van der Waals surface area contributed by atoms with Gasteiger partial charge in [-0.1, -0.05) is 29.8 Å². The van der Waals surface area contributed by atoms with Gasteiger partial charge < -0.3 is 9.84 Å². The smallest absolute Gasteiger partial charge is 0.0900 e. The highest BCUT2D eigenvalue weighted by Gasteiger charge is 2.16. The van der Waals surface area contributed by atoms with Gasteiger partial charge in [-0.25, -0.2) is 0 Å². The van der Waals surface area contributed by atoms with Gasteiger partial charge in [0, 0.05) is 19.1 Å². The number of aliphatic hydroxyl groups is 1. The van der Waals surface area contributed by atoms with Crippen molar-refractivity contribution in [2.45, 2.75) is 46.4 Å². The lowest BCUT2D eigenvalue weighted by Gasteiger charge is -2.29. The molecule has 0 saturated carbocycles. The second kappa shape index (κ2) is 8.98. The number of hydrogen-bond donors (Lipinski definition) is 1. The number of ether oxygens (including phenoxy) is 1. The second-order valence-electron chi connectivity index (χ2n) is 5.93. The van der Waals surface area contributed by atoms with Crippen LogP contribution in [0.4, 0.5) is 0 Å². The molecule has 1 N–H and O–H groups in total. The van der Waals surface area contributed by atoms with E-state index in [1.54, 1.807) is 6.08 Å². The summed E-state index contributed by atoms with van der Waals surface area (Å²) >= 11 is 0. The zero-order valence-electron chi connectivity index (χ0n) is 13.8. The summed E-state index contributed by atoms with van der Waals surface area (Å²) in [7, 11) is 0. The Hall–Kier alpha value is -1.16. The summed E-state index contributed by atoms with van der Waals surface area (Å²) in [5.41, 5.74) is 3.90. The highest BCUT2D eigenvalue weighted by atomic mass is 16.5. The third-order valence-corrected chi connectivity index (χ3v) is 3.59. The molecule has 0 unspecified atom stereocenters. The van der Waals surface area contributed by atoms with Crippen LogP contribution in [0, 0.1) is 13.8 Å². The zero-order valence-corrected chi connectivity index (χ0v) is 13.8. The minimum atomic E-state index is -0.474. The van der Waals surface area contributed by atoms with Crippen molar-refractivity contribution in [3.05, 3.63) is 47.5 Å². The number of aliphatic hydroxyl groups excluding tert-OH is 1. The molecule has 1 aromatic rings. The standard InChI is InChI=1S/C18H29NO2/c1-6-9-21-13-18(20)12-19(14(2)3)11-17-8-7-15(4)10-16(17)5/h6-8,10,14,18,20H,1,9,11-13H2,2-5H3/t18-/m0/s1. The molecular weight excluding hydrogens is 262 g/mol. The van der Waals surface area contributed by atoms with Crippen LogP contribution in [-0.2, 0) is 11.3 Å². The van der Waals surface area contributed by atoms with Gasteiger partial charge in [-0.3, -0.25) is 4.90 Å². The first-order chi connectivity index (χ1) is 9.93. The Morgan fingerprint density at radius 2 is 2.05 bits per heavy atom. The van der Waals surface area contributed by atoms with Gasteiger partial charge in [0.25, 0.3) is 0 Å². The molecule has 1 atom stereocenters. The number of aryl methyl sites for hydroxylation is 2. The fourth-order valence-electron chi connectivity index (χ4n) is 2.31. The van der Waals surface area contributed by atoms with Crippen LogP contribution in [0.1, 0.15) is 30.5 Å². The Labute approximate surface area is 129 Å². The summed E-state index contributed by atoms with van der Waals surface area (Å²) in [4.78, 5) is 2.28. The SMILES string of the molecule is C=CCOC[C@@H](O)CN(Cc1ccc(C)cc1C)C(C)C. The Morgan fingerprint density at radius 3 is 2.62 bits per heavy atom. The molecule has 0 fully saturated rings. The van der Waals surface area contributed by atoms with E-state index in [9.17, 15) is 5.11 Å². The number of rotatable bonds is 9. The maximum Gasteiger partial charge on any atom is 0.0900 e. The molecule has 0 aliphatic carbocycles. The lowest BCUT2D eigenvalue weighted by molar-refractivity contribution is 0.0178. The third-order valence-electron chi connectivity index (χ3n) is 3.59. The first-order valence-corrected chi connectivity index (χ1v) is 7.61. The van der Waals surface area contributed by atoms with Crippen molar-refractivity contribution in [1.29, 1.82) is 0 Å². The molecular formula is C18H29NO2. The Kier molecular flexibility index (Phi) is 7.65. The highest BCUT2D eigenvalue weighted by molar-refractivity contribution is 5.30. The predicted molar refractivity (Wildman–Crippen MR) is 88.5 cm³/mol. The van der Waals surface area contributed by atoms with Crippen LogP contribution < -0.4 is 0 Å². The van der Waals surface area contributed by atoms with Gasteiger partial charge in [0.1, 0.15) is 0 Å². The van der Waals surface area contributed by atoms with Crippen molar-refractivity contribution >= 4 is 0 Å². The van der Waals surface area contributed by atoms with Crippen LogP contribution in [0.2, 0.25) is 0 Å². The van der Waals surface area contributed by atoms with E-state index in [1.807, 2.05) is 0 Å². The van der Waals surface area contributed by atoms with Gasteiger partial charge in [0.15, 0.2) is 0 Å². The molecule has 3 nitrogen and oxygen atoms in total. The first-order valence-electron chi connectivity index (χ1n) is 7.61. The van der Waals surface area contributed by atoms with Crippen LogP contribution in [0.15, 0.2) is 30.9 Å². The number of benzene rings is 1. The number of hydrogen-bond acceptors (Lipinski definition) is 3. The first kappa shape index (κ1) is 17.9. The van der Waals surface area contributed by atoms with Crippen LogP contribution >= 0.6 is 0 Å². The van der Waals surface area contributed by atoms with E-state index in [0.717, 1.165) is 6.54 Å². The maximum atomic E-state index is 10.1. The van der Waals surface area contributed by atoms with E-state index in [1.165, 1.54) is 16.7 Å². The van der Waals surface area contributed by atoms with Crippen LogP contribution in [0.25, 0.3) is 0 Å². The molecule has 0 heterocycles. The van der Waals surface area contributed by atoms with Gasteiger partial charge in [0.05, 0.1) is 19.3 Å². The quantitative estimate of drug-likeness (QED) is 0.560. The van der Waals surface area contributed by atoms with Crippen molar-refractivity contribution in [3.8, 4) is 0 Å². The van der Waals surface area contributed by atoms with Gasteiger partial charge >= 0.3 is 0 Å². The van der Waals surface area contributed by atoms with Crippen molar-refractivity contribution in [3.63, 3.8) is 0 Å². The van der Waals surface area contributed by atoms with E-state index in [-0.39, 0.29) is 0 Å². The molecule has 0 amide bonds. The topological polar surface area (TPSA) is 32.7 Å². The van der Waals surface area contributed by atoms with E-state index in [4.69, 9.17) is 4.74 Å². The molecule has 0 bridgehead atoms. The van der Waals surface area contributed by atoms with Gasteiger partial charge in [-0.05, 0) is 38.8 Å². The van der Waals surface area contributed by atoms with Crippen molar-refractivity contribution < 1.29 is 9.84 Å². The minimum absolute atomic E-state index is 0.349. The minimum Gasteiger partial charge on any atom is -0.389 e. The molecule has 0 radical (unpaired) electrons. The van der Waals surface area contributed by atoms with Gasteiger partial charge in [-0.2, -0.15) is 0 Å². The average molecular weight is 291 g/mol. The maximum absolute atomic E-state index is 10.1. The highest BCUT2D eigenvalue weighted by Crippen LogP contribution is 2.15.